The summed E-state index contributed by atoms with van der Waals surface area (Å²) in [6.45, 7) is 0. The quantitative estimate of drug-likeness (QED) is 0.832. The number of nitrogens with zero attached hydrogens (tertiary/aromatic N) is 1. The molecule has 0 saturated carbocycles. The van der Waals surface area contributed by atoms with E-state index in [2.05, 4.69) is 37.6 Å². The summed E-state index contributed by atoms with van der Waals surface area (Å²) < 4.78 is 11.8. The fourth-order valence-corrected chi connectivity index (χ4v) is 2.95. The van der Waals surface area contributed by atoms with E-state index in [0.717, 1.165) is 13.8 Å². The van der Waals surface area contributed by atoms with Gasteiger partial charge in [0.25, 0.3) is 0 Å². The highest BCUT2D eigenvalue weighted by molar-refractivity contribution is 14.1. The van der Waals surface area contributed by atoms with Crippen LogP contribution in [0, 0.1) is 3.57 Å². The molecule has 0 radical (unpaired) electrons. The lowest BCUT2D eigenvalue weighted by molar-refractivity contribution is 0.187. The first-order chi connectivity index (χ1) is 8.15. The Balaban J connectivity index is 2.48. The van der Waals surface area contributed by atoms with Crippen LogP contribution in [0.15, 0.2) is 12.1 Å². The first-order valence-corrected chi connectivity index (χ1v) is 6.53. The number of hydrogen-bond acceptors (Lipinski definition) is 5. The number of rotatable bonds is 2. The Labute approximate surface area is 115 Å². The molecule has 1 aromatic heterocycles. The predicted octanol–water partition coefficient (Wildman–Crippen LogP) is 3.09. The van der Waals surface area contributed by atoms with Gasteiger partial charge in [-0.15, -0.1) is 0 Å². The van der Waals surface area contributed by atoms with Crippen LogP contribution < -0.4 is 10.1 Å². The van der Waals surface area contributed by atoms with Crippen LogP contribution in [-0.2, 0) is 4.74 Å². The van der Waals surface area contributed by atoms with E-state index in [9.17, 15) is 4.79 Å². The number of hydrogen-bond donors (Lipinski definition) is 1. The molecule has 0 spiro atoms. The summed E-state index contributed by atoms with van der Waals surface area (Å²) in [7, 11) is 2.90. The van der Waals surface area contributed by atoms with Gasteiger partial charge >= 0.3 is 6.09 Å². The van der Waals surface area contributed by atoms with Gasteiger partial charge < -0.3 is 9.47 Å². The Morgan fingerprint density at radius 3 is 2.88 bits per heavy atom. The Bertz CT molecular complexity index is 570. The number of nitrogens with one attached hydrogen (secondary N) is 1. The molecule has 0 aliphatic carbocycles. The molecule has 0 aliphatic heterocycles. The average molecular weight is 364 g/mol. The fourth-order valence-electron chi connectivity index (χ4n) is 1.31. The third-order valence-corrected chi connectivity index (χ3v) is 4.34. The molecule has 0 bridgehead atoms. The zero-order valence-electron chi connectivity index (χ0n) is 9.11. The van der Waals surface area contributed by atoms with Crippen molar-refractivity contribution in [1.29, 1.82) is 0 Å². The van der Waals surface area contributed by atoms with Crippen LogP contribution in [0.1, 0.15) is 0 Å². The number of methoxy groups -OCH3 is 2. The van der Waals surface area contributed by atoms with Crippen molar-refractivity contribution < 1.29 is 14.3 Å². The molecule has 1 amide bonds. The maximum Gasteiger partial charge on any atom is 0.413 e. The lowest BCUT2D eigenvalue weighted by Crippen LogP contribution is -2.10. The molecule has 1 aromatic carbocycles. The number of anilines is 1. The van der Waals surface area contributed by atoms with Gasteiger partial charge in [-0.25, -0.2) is 9.78 Å². The van der Waals surface area contributed by atoms with Crippen molar-refractivity contribution in [2.24, 2.45) is 0 Å². The lowest BCUT2D eigenvalue weighted by atomic mass is 10.3. The van der Waals surface area contributed by atoms with Crippen LogP contribution in [0.3, 0.4) is 0 Å². The first-order valence-electron chi connectivity index (χ1n) is 4.63. The Morgan fingerprint density at radius 1 is 1.47 bits per heavy atom. The number of fused-ring (bicyclic) bond motifs is 1. The second kappa shape index (κ2) is 5.05. The van der Waals surface area contributed by atoms with Crippen LogP contribution >= 0.6 is 33.9 Å². The third-order valence-electron chi connectivity index (χ3n) is 2.07. The van der Waals surface area contributed by atoms with Crippen LogP contribution in [0.2, 0.25) is 0 Å². The van der Waals surface area contributed by atoms with Gasteiger partial charge in [-0.3, -0.25) is 5.32 Å². The van der Waals surface area contributed by atoms with Gasteiger partial charge in [-0.2, -0.15) is 0 Å². The van der Waals surface area contributed by atoms with Crippen molar-refractivity contribution in [3.05, 3.63) is 15.7 Å². The van der Waals surface area contributed by atoms with Gasteiger partial charge in [0.2, 0.25) is 0 Å². The summed E-state index contributed by atoms with van der Waals surface area (Å²) in [5.41, 5.74) is 0.746. The summed E-state index contributed by atoms with van der Waals surface area (Å²) in [6.07, 6.45) is -0.530. The molecule has 0 unspecified atom stereocenters. The third kappa shape index (κ3) is 2.44. The summed E-state index contributed by atoms with van der Waals surface area (Å²) in [5.74, 6) is 0.689. The van der Waals surface area contributed by atoms with Gasteiger partial charge in [-0.1, -0.05) is 11.3 Å². The van der Waals surface area contributed by atoms with Crippen molar-refractivity contribution in [3.63, 3.8) is 0 Å². The predicted molar refractivity (Wildman–Crippen MR) is 74.9 cm³/mol. The Hall–Kier alpha value is -1.09. The fraction of sp³-hybridized carbons (Fsp3) is 0.200. The highest BCUT2D eigenvalue weighted by atomic mass is 127. The van der Waals surface area contributed by atoms with Gasteiger partial charge in [-0.05, 0) is 34.7 Å². The van der Waals surface area contributed by atoms with Crippen LogP contribution in [0.25, 0.3) is 10.2 Å². The molecule has 0 atom stereocenters. The smallest absolute Gasteiger partial charge is 0.413 e. The van der Waals surface area contributed by atoms with E-state index < -0.39 is 6.09 Å². The number of ether oxygens (including phenoxy) is 2. The maximum atomic E-state index is 11.1. The molecule has 0 aliphatic rings. The molecular weight excluding hydrogens is 355 g/mol. The maximum absolute atomic E-state index is 11.1. The SMILES string of the molecule is COC(=O)Nc1nc2c(OC)ccc(I)c2s1. The molecule has 0 saturated heterocycles. The number of halogens is 1. The van der Waals surface area contributed by atoms with Gasteiger partial charge in [0, 0.05) is 3.57 Å². The number of carbonyl (C=O) groups excluding carboxylic acids is 1. The molecular formula is C10H9IN2O3S. The topological polar surface area (TPSA) is 60.5 Å². The highest BCUT2D eigenvalue weighted by Gasteiger charge is 2.13. The lowest BCUT2D eigenvalue weighted by Gasteiger charge is -2.00. The van der Waals surface area contributed by atoms with Gasteiger partial charge in [0.05, 0.1) is 18.9 Å². The summed E-state index contributed by atoms with van der Waals surface area (Å²) >= 11 is 3.60. The van der Waals surface area contributed by atoms with Crippen molar-refractivity contribution in [1.82, 2.24) is 4.98 Å². The number of benzene rings is 1. The van der Waals surface area contributed by atoms with E-state index in [1.54, 1.807) is 7.11 Å². The Kier molecular flexibility index (Phi) is 3.67. The number of aromatic nitrogens is 1. The van der Waals surface area contributed by atoms with Crippen molar-refractivity contribution >= 4 is 55.4 Å². The molecule has 2 aromatic rings. The minimum Gasteiger partial charge on any atom is -0.494 e. The monoisotopic (exact) mass is 364 g/mol. The van der Waals surface area contributed by atoms with Crippen molar-refractivity contribution in [3.8, 4) is 5.75 Å². The second-order valence-electron chi connectivity index (χ2n) is 3.06. The molecule has 17 heavy (non-hydrogen) atoms. The Morgan fingerprint density at radius 2 is 2.24 bits per heavy atom. The van der Waals surface area contributed by atoms with Crippen molar-refractivity contribution in [2.75, 3.05) is 19.5 Å². The van der Waals surface area contributed by atoms with Gasteiger partial charge in [0.15, 0.2) is 5.13 Å². The van der Waals surface area contributed by atoms with Crippen molar-refractivity contribution in [2.45, 2.75) is 0 Å². The van der Waals surface area contributed by atoms with Crippen LogP contribution in [0.4, 0.5) is 9.93 Å². The largest absolute Gasteiger partial charge is 0.494 e. The van der Waals surface area contributed by atoms with Crippen LogP contribution in [-0.4, -0.2) is 25.3 Å². The number of thiazole rings is 1. The van der Waals surface area contributed by atoms with E-state index in [-0.39, 0.29) is 0 Å². The van der Waals surface area contributed by atoms with E-state index in [4.69, 9.17) is 4.74 Å². The first kappa shape index (κ1) is 12.4. The molecule has 2 rings (SSSR count). The number of carbonyl (C=O) groups is 1. The standard InChI is InChI=1S/C10H9IN2O3S/c1-15-6-4-3-5(11)8-7(6)12-9(17-8)13-10(14)16-2/h3-4H,1-2H3,(H,12,13,14). The average Bonchev–Trinajstić information content (AvgIpc) is 2.74. The zero-order chi connectivity index (χ0) is 12.4. The molecule has 5 nitrogen and oxygen atoms in total. The molecule has 90 valence electrons. The minimum atomic E-state index is -0.530. The van der Waals surface area contributed by atoms with E-state index >= 15 is 0 Å². The summed E-state index contributed by atoms with van der Waals surface area (Å²) in [5, 5.41) is 3.04. The minimum absolute atomic E-state index is 0.495. The molecule has 1 N–H and O–H groups in total. The number of amides is 1. The molecule has 7 heteroatoms. The highest BCUT2D eigenvalue weighted by Crippen LogP contribution is 2.35. The normalized spacial score (nSPS) is 10.3. The van der Waals surface area contributed by atoms with E-state index in [1.165, 1.54) is 18.4 Å². The summed E-state index contributed by atoms with van der Waals surface area (Å²) in [4.78, 5) is 15.4. The summed E-state index contributed by atoms with van der Waals surface area (Å²) in [6, 6.07) is 3.80. The molecule has 1 heterocycles. The zero-order valence-corrected chi connectivity index (χ0v) is 12.1. The van der Waals surface area contributed by atoms with E-state index in [0.29, 0.717) is 10.9 Å². The van der Waals surface area contributed by atoms with E-state index in [1.807, 2.05) is 12.1 Å². The van der Waals surface area contributed by atoms with Crippen LogP contribution in [0.5, 0.6) is 5.75 Å². The second-order valence-corrected chi connectivity index (χ2v) is 5.22. The molecule has 0 fully saturated rings. The van der Waals surface area contributed by atoms with Gasteiger partial charge in [0.1, 0.15) is 11.3 Å².